The molecule has 6 heteroatoms. The van der Waals surface area contributed by atoms with E-state index in [9.17, 15) is 5.41 Å². The molecule has 354 valence electrons. The second-order valence-corrected chi connectivity index (χ2v) is 19.9. The fourth-order valence-corrected chi connectivity index (χ4v) is 12.7. The van der Waals surface area contributed by atoms with Crippen LogP contribution in [0.1, 0.15) is 38.9 Å². The van der Waals surface area contributed by atoms with Gasteiger partial charge in [0.1, 0.15) is 33.5 Å². The maximum absolute atomic E-state index is 9.53. The standard InChI is InChI=1S/C70H41N3O3/c71-68(54-22-13-29-63-66(54)53-19-5-10-27-60(53)74-63)73-69(44-34-36-51-50-18-4-9-26-59(50)76-64(51)39-44)72-40-45-14-11-28-62-65(45)55-38-43(35-37-61(55)75-62)41-30-32-42(33-31-41)46-20-12-21-52-49-17-3-8-25-58(49)70(67(46)52)56-23-6-1-15-47(56)48-16-2-7-24-57(48)70/h1-40,71H. The molecule has 3 aromatic heterocycles. The summed E-state index contributed by atoms with van der Waals surface area (Å²) in [5.41, 5.74) is 21.4. The molecule has 6 nitrogen and oxygen atoms in total. The summed E-state index contributed by atoms with van der Waals surface area (Å²) >= 11 is 0. The van der Waals surface area contributed by atoms with Gasteiger partial charge in [0.2, 0.25) is 0 Å². The van der Waals surface area contributed by atoms with E-state index < -0.39 is 5.41 Å². The van der Waals surface area contributed by atoms with Crippen LogP contribution >= 0.6 is 0 Å². The highest BCUT2D eigenvalue weighted by Gasteiger charge is 2.52. The fraction of sp³-hybridized carbons (Fsp3) is 0.0143. The lowest BCUT2D eigenvalue weighted by molar-refractivity contribution is 0.668. The maximum atomic E-state index is 9.53. The molecule has 0 fully saturated rings. The van der Waals surface area contributed by atoms with E-state index in [2.05, 4.69) is 146 Å². The zero-order valence-electron chi connectivity index (χ0n) is 40.7. The first-order chi connectivity index (χ1) is 37.6. The number of hydrogen-bond donors (Lipinski definition) is 1. The monoisotopic (exact) mass is 971 g/mol. The molecular weight excluding hydrogens is 931 g/mol. The molecule has 14 aromatic rings. The number of furan rings is 3. The quantitative estimate of drug-likeness (QED) is 0.138. The van der Waals surface area contributed by atoms with Crippen LogP contribution in [0.2, 0.25) is 0 Å². The van der Waals surface area contributed by atoms with Crippen molar-refractivity contribution in [2.45, 2.75) is 5.41 Å². The minimum Gasteiger partial charge on any atom is -0.456 e. The summed E-state index contributed by atoms with van der Waals surface area (Å²) in [5, 5.41) is 15.2. The molecule has 2 aliphatic rings. The van der Waals surface area contributed by atoms with Crippen LogP contribution in [0.25, 0.3) is 110 Å². The van der Waals surface area contributed by atoms with Gasteiger partial charge in [-0.15, -0.1) is 0 Å². The smallest absolute Gasteiger partial charge is 0.161 e. The fourth-order valence-electron chi connectivity index (χ4n) is 12.7. The molecule has 0 aliphatic heterocycles. The summed E-state index contributed by atoms with van der Waals surface area (Å²) < 4.78 is 19.1. The normalized spacial score (nSPS) is 13.4. The number of hydrogen-bond acceptors (Lipinski definition) is 4. The summed E-state index contributed by atoms with van der Waals surface area (Å²) in [6, 6.07) is 83.0. The number of para-hydroxylation sites is 2. The SMILES string of the molecule is N=C(N=C(N=Cc1cccc2oc3ccc(-c4ccc(-c5cccc6c5C5(c7ccccc7-c7ccccc75)c5ccccc5-6)cc4)cc3c12)c1ccc2c(c1)oc1ccccc12)c1cccc2oc3ccccc3c12. The molecule has 76 heavy (non-hydrogen) atoms. The number of nitrogens with zero attached hydrogens (tertiary/aromatic N) is 2. The van der Waals surface area contributed by atoms with Crippen LogP contribution in [0, 0.1) is 5.41 Å². The third-order valence-corrected chi connectivity index (χ3v) is 15.9. The number of aliphatic imine (C=N–C) groups is 2. The molecule has 1 spiro atoms. The van der Waals surface area contributed by atoms with Crippen LogP contribution in [-0.2, 0) is 5.41 Å². The van der Waals surface area contributed by atoms with Gasteiger partial charge >= 0.3 is 0 Å². The Kier molecular flexibility index (Phi) is 9.01. The highest BCUT2D eigenvalue weighted by molar-refractivity contribution is 6.22. The molecule has 0 atom stereocenters. The minimum atomic E-state index is -0.441. The van der Waals surface area contributed by atoms with E-state index in [1.54, 1.807) is 0 Å². The summed E-state index contributed by atoms with van der Waals surface area (Å²) in [7, 11) is 0. The average molecular weight is 972 g/mol. The van der Waals surface area contributed by atoms with E-state index in [4.69, 9.17) is 23.2 Å². The van der Waals surface area contributed by atoms with Crippen molar-refractivity contribution in [2.75, 3.05) is 0 Å². The Morgan fingerprint density at radius 1 is 0.382 bits per heavy atom. The van der Waals surface area contributed by atoms with Crippen molar-refractivity contribution in [1.29, 1.82) is 5.41 Å². The van der Waals surface area contributed by atoms with Crippen molar-refractivity contribution < 1.29 is 13.3 Å². The van der Waals surface area contributed by atoms with Crippen molar-refractivity contribution in [1.82, 2.24) is 0 Å². The Labute approximate surface area is 435 Å². The van der Waals surface area contributed by atoms with Crippen LogP contribution in [-0.4, -0.2) is 17.9 Å². The molecule has 0 radical (unpaired) electrons. The average Bonchev–Trinajstić information content (AvgIpc) is 4.32. The largest absolute Gasteiger partial charge is 0.456 e. The first-order valence-corrected chi connectivity index (χ1v) is 25.6. The zero-order chi connectivity index (χ0) is 50.1. The Balaban J connectivity index is 0.795. The van der Waals surface area contributed by atoms with E-state index in [1.807, 2.05) is 97.2 Å². The highest BCUT2D eigenvalue weighted by atomic mass is 16.3. The Bertz CT molecular complexity index is 4790. The lowest BCUT2D eigenvalue weighted by atomic mass is 9.68. The van der Waals surface area contributed by atoms with Crippen LogP contribution in [0.3, 0.4) is 0 Å². The molecule has 3 heterocycles. The molecule has 0 amide bonds. The second-order valence-electron chi connectivity index (χ2n) is 19.9. The third-order valence-electron chi connectivity index (χ3n) is 15.9. The van der Waals surface area contributed by atoms with Crippen molar-refractivity contribution in [3.05, 3.63) is 276 Å². The van der Waals surface area contributed by atoms with Crippen molar-refractivity contribution in [3.63, 3.8) is 0 Å². The van der Waals surface area contributed by atoms with Crippen LogP contribution in [0.4, 0.5) is 0 Å². The molecule has 2 aliphatic carbocycles. The zero-order valence-corrected chi connectivity index (χ0v) is 40.7. The maximum Gasteiger partial charge on any atom is 0.161 e. The molecule has 0 unspecified atom stereocenters. The van der Waals surface area contributed by atoms with Gasteiger partial charge in [0, 0.05) is 55.2 Å². The number of rotatable bonds is 5. The number of fused-ring (bicyclic) bond motifs is 19. The van der Waals surface area contributed by atoms with Gasteiger partial charge in [0.05, 0.1) is 5.41 Å². The van der Waals surface area contributed by atoms with Gasteiger partial charge in [-0.05, 0) is 115 Å². The van der Waals surface area contributed by atoms with E-state index >= 15 is 0 Å². The Hall–Kier alpha value is -10.2. The van der Waals surface area contributed by atoms with Gasteiger partial charge < -0.3 is 13.3 Å². The van der Waals surface area contributed by atoms with Crippen molar-refractivity contribution >= 4 is 83.7 Å². The summed E-state index contributed by atoms with van der Waals surface area (Å²) in [5.74, 6) is 0.426. The molecule has 1 N–H and O–H groups in total. The van der Waals surface area contributed by atoms with E-state index in [0.717, 1.165) is 71.3 Å². The van der Waals surface area contributed by atoms with Crippen molar-refractivity contribution in [3.8, 4) is 44.5 Å². The Morgan fingerprint density at radius 3 is 1.66 bits per heavy atom. The van der Waals surface area contributed by atoms with E-state index in [1.165, 1.54) is 55.6 Å². The summed E-state index contributed by atoms with van der Waals surface area (Å²) in [6.07, 6.45) is 1.84. The molecular formula is C70H41N3O3. The second kappa shape index (κ2) is 16.2. The predicted octanol–water partition coefficient (Wildman–Crippen LogP) is 18.0. The van der Waals surface area contributed by atoms with Crippen LogP contribution < -0.4 is 0 Å². The van der Waals surface area contributed by atoms with Gasteiger partial charge in [-0.2, -0.15) is 0 Å². The molecule has 0 saturated heterocycles. The Morgan fingerprint density at radius 2 is 0.908 bits per heavy atom. The highest BCUT2D eigenvalue weighted by Crippen LogP contribution is 2.64. The van der Waals surface area contributed by atoms with Gasteiger partial charge in [0.25, 0.3) is 0 Å². The topological polar surface area (TPSA) is 88.0 Å². The first-order valence-electron chi connectivity index (χ1n) is 25.6. The number of nitrogens with one attached hydrogen (secondary N) is 1. The number of amidine groups is 2. The van der Waals surface area contributed by atoms with Gasteiger partial charge in [-0.3, -0.25) is 5.41 Å². The van der Waals surface area contributed by atoms with Gasteiger partial charge in [0.15, 0.2) is 11.7 Å². The molecule has 11 aromatic carbocycles. The predicted molar refractivity (Wildman–Crippen MR) is 309 cm³/mol. The lowest BCUT2D eigenvalue weighted by Crippen LogP contribution is -2.26. The van der Waals surface area contributed by atoms with Crippen molar-refractivity contribution in [2.24, 2.45) is 9.98 Å². The van der Waals surface area contributed by atoms with E-state index in [-0.39, 0.29) is 5.84 Å². The third kappa shape index (κ3) is 6.06. The van der Waals surface area contributed by atoms with Gasteiger partial charge in [-0.25, -0.2) is 9.98 Å². The molecule has 0 bridgehead atoms. The van der Waals surface area contributed by atoms with E-state index in [0.29, 0.717) is 28.1 Å². The summed E-state index contributed by atoms with van der Waals surface area (Å²) in [6.45, 7) is 0. The minimum absolute atomic E-state index is 0.0621. The number of benzene rings is 11. The lowest BCUT2D eigenvalue weighted by Gasteiger charge is -2.32. The van der Waals surface area contributed by atoms with Gasteiger partial charge in [-0.1, -0.05) is 188 Å². The molecule has 16 rings (SSSR count). The first kappa shape index (κ1) is 42.3. The molecule has 0 saturated carbocycles. The van der Waals surface area contributed by atoms with Crippen LogP contribution in [0.5, 0.6) is 0 Å². The van der Waals surface area contributed by atoms with Crippen LogP contribution in [0.15, 0.2) is 260 Å². The summed E-state index contributed by atoms with van der Waals surface area (Å²) in [4.78, 5) is 10.2.